The maximum Gasteiger partial charge on any atom is 0.148 e. The number of ether oxygens (including phenoxy) is 1. The minimum Gasteiger partial charge on any atom is -0.363 e. The van der Waals surface area contributed by atoms with Crippen molar-refractivity contribution >= 4 is 20.4 Å². The smallest absolute Gasteiger partial charge is 0.148 e. The average Bonchev–Trinajstić information content (AvgIpc) is 2.17. The Hall–Kier alpha value is -0.313. The van der Waals surface area contributed by atoms with Crippen molar-refractivity contribution in [2.45, 2.75) is 17.8 Å². The van der Waals surface area contributed by atoms with Crippen molar-refractivity contribution in [3.05, 3.63) is 35.9 Å². The van der Waals surface area contributed by atoms with Gasteiger partial charge in [-0.2, -0.15) is 0 Å². The summed E-state index contributed by atoms with van der Waals surface area (Å²) in [4.78, 5) is 0. The first-order valence-electron chi connectivity index (χ1n) is 4.41. The summed E-state index contributed by atoms with van der Waals surface area (Å²) in [7, 11) is 0.590. The van der Waals surface area contributed by atoms with Crippen LogP contribution in [0, 0.1) is 0 Å². The Bertz CT molecular complexity index is 263. The Morgan fingerprint density at radius 3 is 2.15 bits per heavy atom. The molecule has 3 heteroatoms. The van der Waals surface area contributed by atoms with E-state index in [1.54, 1.807) is 7.11 Å². The van der Waals surface area contributed by atoms with Crippen molar-refractivity contribution in [1.29, 1.82) is 0 Å². The Morgan fingerprint density at radius 1 is 1.23 bits per heavy atom. The van der Waals surface area contributed by atoms with Crippen LogP contribution < -0.4 is 0 Å². The molecular weight excluding hydrogens is 200 g/mol. The Labute approximate surface area is 86.3 Å². The lowest BCUT2D eigenvalue weighted by Crippen LogP contribution is -2.35. The van der Waals surface area contributed by atoms with Crippen molar-refractivity contribution in [3.63, 3.8) is 0 Å². The quantitative estimate of drug-likeness (QED) is 0.556. The summed E-state index contributed by atoms with van der Waals surface area (Å²) in [5, 5.41) is 0. The summed E-state index contributed by atoms with van der Waals surface area (Å²) in [6.07, 6.45) is 0. The molecular formula is C10H15ClOSi. The van der Waals surface area contributed by atoms with Crippen LogP contribution in [-0.2, 0) is 9.42 Å². The zero-order valence-electron chi connectivity index (χ0n) is 8.25. The normalized spacial score (nSPS) is 15.8. The van der Waals surface area contributed by atoms with Crippen molar-refractivity contribution in [3.8, 4) is 0 Å². The van der Waals surface area contributed by atoms with E-state index in [4.69, 9.17) is 16.3 Å². The molecule has 1 aromatic rings. The first-order valence-corrected chi connectivity index (χ1v) is 7.67. The molecule has 0 bridgehead atoms. The summed E-state index contributed by atoms with van der Waals surface area (Å²) < 4.78 is 4.86. The highest BCUT2D eigenvalue weighted by Gasteiger charge is 2.33. The Morgan fingerprint density at radius 2 is 1.77 bits per heavy atom. The third-order valence-corrected chi connectivity index (χ3v) is 5.94. The lowest BCUT2D eigenvalue weighted by atomic mass is 10.2. The number of halogens is 1. The Balaban J connectivity index is 3.03. The minimum atomic E-state index is -1.08. The van der Waals surface area contributed by atoms with E-state index >= 15 is 0 Å². The van der Waals surface area contributed by atoms with Crippen LogP contribution in [0.2, 0.25) is 13.1 Å². The standard InChI is InChI=1S/C10H15ClOSi/c1-12-10(11,13(2)3)9-7-5-4-6-8-9/h4-8,13H,1-3H3. The van der Waals surface area contributed by atoms with E-state index in [9.17, 15) is 0 Å². The second-order valence-electron chi connectivity index (χ2n) is 3.37. The molecule has 0 aliphatic carbocycles. The number of rotatable bonds is 3. The molecule has 0 aromatic heterocycles. The molecule has 0 aliphatic heterocycles. The summed E-state index contributed by atoms with van der Waals surface area (Å²) in [5.74, 6) is 0. The molecule has 0 fully saturated rings. The fourth-order valence-electron chi connectivity index (χ4n) is 1.35. The predicted molar refractivity (Wildman–Crippen MR) is 59.9 cm³/mol. The SMILES string of the molecule is COC(Cl)(c1ccccc1)[SiH](C)C. The molecule has 1 nitrogen and oxygen atoms in total. The molecule has 0 saturated carbocycles. The van der Waals surface area contributed by atoms with Gasteiger partial charge in [0.05, 0.1) is 8.80 Å². The zero-order valence-corrected chi connectivity index (χ0v) is 10.2. The van der Waals surface area contributed by atoms with Crippen LogP contribution in [0.5, 0.6) is 0 Å². The maximum absolute atomic E-state index is 6.42. The molecule has 13 heavy (non-hydrogen) atoms. The molecule has 0 spiro atoms. The van der Waals surface area contributed by atoms with E-state index in [-0.39, 0.29) is 0 Å². The van der Waals surface area contributed by atoms with Crippen LogP contribution in [0.3, 0.4) is 0 Å². The number of alkyl halides is 1. The molecule has 0 aliphatic rings. The molecule has 0 heterocycles. The van der Waals surface area contributed by atoms with Crippen molar-refractivity contribution in [2.75, 3.05) is 7.11 Å². The molecule has 0 saturated heterocycles. The molecule has 1 rings (SSSR count). The Kier molecular flexibility index (Phi) is 3.53. The van der Waals surface area contributed by atoms with Crippen molar-refractivity contribution in [1.82, 2.24) is 0 Å². The summed E-state index contributed by atoms with van der Waals surface area (Å²) in [6, 6.07) is 10.00. The highest BCUT2D eigenvalue weighted by Crippen LogP contribution is 2.32. The van der Waals surface area contributed by atoms with Crippen LogP contribution in [0.25, 0.3) is 0 Å². The van der Waals surface area contributed by atoms with E-state index < -0.39 is 13.5 Å². The van der Waals surface area contributed by atoms with Gasteiger partial charge in [0.25, 0.3) is 0 Å². The van der Waals surface area contributed by atoms with Crippen molar-refractivity contribution in [2.24, 2.45) is 0 Å². The summed E-state index contributed by atoms with van der Waals surface area (Å²) in [6.45, 7) is 4.37. The van der Waals surface area contributed by atoms with Crippen LogP contribution in [0.4, 0.5) is 0 Å². The summed E-state index contributed by atoms with van der Waals surface area (Å²) in [5.41, 5.74) is 1.07. The topological polar surface area (TPSA) is 9.23 Å². The van der Waals surface area contributed by atoms with E-state index in [2.05, 4.69) is 13.1 Å². The first kappa shape index (κ1) is 10.8. The first-order chi connectivity index (χ1) is 6.11. The molecule has 1 atom stereocenters. The largest absolute Gasteiger partial charge is 0.363 e. The lowest BCUT2D eigenvalue weighted by molar-refractivity contribution is 0.127. The predicted octanol–water partition coefficient (Wildman–Crippen LogP) is 2.75. The fraction of sp³-hybridized carbons (Fsp3) is 0.400. The molecule has 72 valence electrons. The highest BCUT2D eigenvalue weighted by molar-refractivity contribution is 6.68. The number of methoxy groups -OCH3 is 1. The molecule has 0 radical (unpaired) electrons. The second-order valence-corrected chi connectivity index (χ2v) is 7.42. The van der Waals surface area contributed by atoms with Crippen LogP contribution >= 0.6 is 11.6 Å². The van der Waals surface area contributed by atoms with Crippen molar-refractivity contribution < 1.29 is 4.74 Å². The maximum atomic E-state index is 6.42. The molecule has 1 unspecified atom stereocenters. The van der Waals surface area contributed by atoms with Crippen LogP contribution in [0.15, 0.2) is 30.3 Å². The van der Waals surface area contributed by atoms with Gasteiger partial charge in [0, 0.05) is 7.11 Å². The molecule has 0 amide bonds. The lowest BCUT2D eigenvalue weighted by Gasteiger charge is -2.29. The van der Waals surface area contributed by atoms with E-state index in [0.29, 0.717) is 0 Å². The summed E-state index contributed by atoms with van der Waals surface area (Å²) >= 11 is 6.42. The third kappa shape index (κ3) is 2.13. The molecule has 1 aromatic carbocycles. The number of hydrogen-bond acceptors (Lipinski definition) is 1. The van der Waals surface area contributed by atoms with Gasteiger partial charge in [0.1, 0.15) is 4.68 Å². The highest BCUT2D eigenvalue weighted by atomic mass is 35.5. The second kappa shape index (κ2) is 4.27. The van der Waals surface area contributed by atoms with E-state index in [1.165, 1.54) is 0 Å². The van der Waals surface area contributed by atoms with Gasteiger partial charge in [-0.15, -0.1) is 0 Å². The van der Waals surface area contributed by atoms with Gasteiger partial charge < -0.3 is 4.74 Å². The van der Waals surface area contributed by atoms with Gasteiger partial charge in [-0.1, -0.05) is 55.0 Å². The minimum absolute atomic E-state index is 0.554. The van der Waals surface area contributed by atoms with E-state index in [1.807, 2.05) is 30.3 Å². The van der Waals surface area contributed by atoms with Gasteiger partial charge in [-0.3, -0.25) is 0 Å². The van der Waals surface area contributed by atoms with Gasteiger partial charge in [-0.25, -0.2) is 0 Å². The van der Waals surface area contributed by atoms with Gasteiger partial charge in [0.2, 0.25) is 0 Å². The van der Waals surface area contributed by atoms with E-state index in [0.717, 1.165) is 5.56 Å². The van der Waals surface area contributed by atoms with Gasteiger partial charge >= 0.3 is 0 Å². The van der Waals surface area contributed by atoms with Crippen LogP contribution in [-0.4, -0.2) is 15.9 Å². The zero-order chi connectivity index (χ0) is 9.90. The average molecular weight is 215 g/mol. The fourth-order valence-corrected chi connectivity index (χ4v) is 2.81. The third-order valence-electron chi connectivity index (χ3n) is 2.21. The van der Waals surface area contributed by atoms with Crippen LogP contribution in [0.1, 0.15) is 5.56 Å². The molecule has 0 N–H and O–H groups in total. The van der Waals surface area contributed by atoms with Gasteiger partial charge in [-0.05, 0) is 5.56 Å². The number of benzene rings is 1. The number of hydrogen-bond donors (Lipinski definition) is 0. The van der Waals surface area contributed by atoms with Gasteiger partial charge in [0.15, 0.2) is 0 Å². The monoisotopic (exact) mass is 214 g/mol.